The Morgan fingerprint density at radius 2 is 1.87 bits per heavy atom. The predicted molar refractivity (Wildman–Crippen MR) is 73.8 cm³/mol. The first-order chi connectivity index (χ1) is 10.8. The molecule has 1 N–H and O–H groups in total. The van der Waals surface area contributed by atoms with E-state index in [9.17, 15) is 22.8 Å². The number of amides is 1. The fourth-order valence-electron chi connectivity index (χ4n) is 2.57. The number of hydrogen-bond donors (Lipinski definition) is 1. The Hall–Kier alpha value is -2.25. The summed E-state index contributed by atoms with van der Waals surface area (Å²) in [5.41, 5.74) is 0.499. The van der Waals surface area contributed by atoms with Crippen LogP contribution in [0.15, 0.2) is 24.3 Å². The Labute approximate surface area is 130 Å². The van der Waals surface area contributed by atoms with Crippen LogP contribution in [-0.4, -0.2) is 40.8 Å². The quantitative estimate of drug-likeness (QED) is 0.921. The molecule has 0 aliphatic carbocycles. The number of carboxylic acid groups (broad SMARTS) is 1. The minimum atomic E-state index is -4.76. The van der Waals surface area contributed by atoms with Gasteiger partial charge in [-0.2, -0.15) is 0 Å². The molecule has 8 heteroatoms. The Kier molecular flexibility index (Phi) is 5.12. The van der Waals surface area contributed by atoms with Crippen LogP contribution in [-0.2, 0) is 16.0 Å². The molecule has 1 fully saturated rings. The van der Waals surface area contributed by atoms with E-state index in [0.29, 0.717) is 18.5 Å². The molecule has 1 atom stereocenters. The summed E-state index contributed by atoms with van der Waals surface area (Å²) in [5.74, 6) is -1.75. The SMILES string of the molecule is O=C(O)[C@H]1CCCCN1C(=O)Cc1ccc(OC(F)(F)F)cc1. The molecule has 126 valence electrons. The van der Waals surface area contributed by atoms with Crippen molar-refractivity contribution in [3.05, 3.63) is 29.8 Å². The van der Waals surface area contributed by atoms with E-state index < -0.39 is 18.4 Å². The summed E-state index contributed by atoms with van der Waals surface area (Å²) >= 11 is 0. The highest BCUT2D eigenvalue weighted by Crippen LogP contribution is 2.23. The number of hydrogen-bond acceptors (Lipinski definition) is 3. The van der Waals surface area contributed by atoms with Crippen molar-refractivity contribution in [3.8, 4) is 5.75 Å². The second kappa shape index (κ2) is 6.89. The van der Waals surface area contributed by atoms with Crippen molar-refractivity contribution in [2.24, 2.45) is 0 Å². The molecule has 5 nitrogen and oxygen atoms in total. The fraction of sp³-hybridized carbons (Fsp3) is 0.467. The number of aliphatic carboxylic acids is 1. The molecule has 1 saturated heterocycles. The number of benzene rings is 1. The van der Waals surface area contributed by atoms with Crippen LogP contribution in [0.4, 0.5) is 13.2 Å². The summed E-state index contributed by atoms with van der Waals surface area (Å²) in [6.45, 7) is 0.380. The molecule has 1 aromatic rings. The summed E-state index contributed by atoms with van der Waals surface area (Å²) in [6.07, 6.45) is -2.91. The number of rotatable bonds is 4. The standard InChI is InChI=1S/C15H16F3NO4/c16-15(17,18)23-11-6-4-10(5-7-11)9-13(20)19-8-2-1-3-12(19)14(21)22/h4-7,12H,1-3,8-9H2,(H,21,22)/t12-/m1/s1. The highest BCUT2D eigenvalue weighted by atomic mass is 19.4. The van der Waals surface area contributed by atoms with Crippen LogP contribution in [0.5, 0.6) is 5.75 Å². The van der Waals surface area contributed by atoms with Crippen molar-refractivity contribution < 1.29 is 32.6 Å². The Morgan fingerprint density at radius 3 is 2.43 bits per heavy atom. The highest BCUT2D eigenvalue weighted by Gasteiger charge is 2.32. The number of likely N-dealkylation sites (tertiary alicyclic amines) is 1. The van der Waals surface area contributed by atoms with Crippen molar-refractivity contribution in [1.29, 1.82) is 0 Å². The Balaban J connectivity index is 2.00. The molecule has 1 aliphatic rings. The number of alkyl halides is 3. The zero-order chi connectivity index (χ0) is 17.0. The molecule has 1 aromatic carbocycles. The maximum atomic E-state index is 12.2. The van der Waals surface area contributed by atoms with Gasteiger partial charge in [-0.05, 0) is 37.0 Å². The minimum absolute atomic E-state index is 0.0594. The molecule has 2 rings (SSSR count). The molecule has 1 aliphatic heterocycles. The molecule has 0 radical (unpaired) electrons. The highest BCUT2D eigenvalue weighted by molar-refractivity contribution is 5.85. The average Bonchev–Trinajstić information content (AvgIpc) is 2.47. The van der Waals surface area contributed by atoms with Crippen LogP contribution >= 0.6 is 0 Å². The van der Waals surface area contributed by atoms with Crippen LogP contribution in [0.2, 0.25) is 0 Å². The largest absolute Gasteiger partial charge is 0.573 e. The minimum Gasteiger partial charge on any atom is -0.480 e. The monoisotopic (exact) mass is 331 g/mol. The third kappa shape index (κ3) is 4.87. The van der Waals surface area contributed by atoms with Gasteiger partial charge in [0.05, 0.1) is 6.42 Å². The Morgan fingerprint density at radius 1 is 1.22 bits per heavy atom. The Bertz CT molecular complexity index is 571. The first kappa shape index (κ1) is 17.1. The maximum absolute atomic E-state index is 12.2. The van der Waals surface area contributed by atoms with Crippen LogP contribution < -0.4 is 4.74 Å². The van der Waals surface area contributed by atoms with Gasteiger partial charge in [0.1, 0.15) is 11.8 Å². The molecule has 0 spiro atoms. The van der Waals surface area contributed by atoms with Gasteiger partial charge in [0.2, 0.25) is 5.91 Å². The molecule has 23 heavy (non-hydrogen) atoms. The predicted octanol–water partition coefficient (Wildman–Crippen LogP) is 2.59. The fourth-order valence-corrected chi connectivity index (χ4v) is 2.57. The lowest BCUT2D eigenvalue weighted by atomic mass is 10.0. The van der Waals surface area contributed by atoms with Gasteiger partial charge >= 0.3 is 12.3 Å². The second-order valence-corrected chi connectivity index (χ2v) is 5.31. The maximum Gasteiger partial charge on any atom is 0.573 e. The molecular formula is C15H16F3NO4. The van der Waals surface area contributed by atoms with Gasteiger partial charge in [0, 0.05) is 6.54 Å². The lowest BCUT2D eigenvalue weighted by Gasteiger charge is -2.33. The van der Waals surface area contributed by atoms with Crippen molar-refractivity contribution in [2.45, 2.75) is 38.1 Å². The van der Waals surface area contributed by atoms with Crippen LogP contribution in [0, 0.1) is 0 Å². The summed E-state index contributed by atoms with van der Waals surface area (Å²) in [6, 6.07) is 4.14. The lowest BCUT2D eigenvalue weighted by molar-refractivity contribution is -0.274. The van der Waals surface area contributed by atoms with Crippen molar-refractivity contribution >= 4 is 11.9 Å². The molecule has 0 unspecified atom stereocenters. The van der Waals surface area contributed by atoms with E-state index in [4.69, 9.17) is 5.11 Å². The molecule has 0 saturated carbocycles. The van der Waals surface area contributed by atoms with E-state index in [0.717, 1.165) is 25.0 Å². The van der Waals surface area contributed by atoms with Crippen molar-refractivity contribution in [1.82, 2.24) is 4.90 Å². The summed E-state index contributed by atoms with van der Waals surface area (Å²) < 4.78 is 40.0. The van der Waals surface area contributed by atoms with E-state index in [1.54, 1.807) is 0 Å². The van der Waals surface area contributed by atoms with Crippen molar-refractivity contribution in [2.75, 3.05) is 6.54 Å². The van der Waals surface area contributed by atoms with Crippen molar-refractivity contribution in [3.63, 3.8) is 0 Å². The van der Waals surface area contributed by atoms with Gasteiger partial charge in [-0.3, -0.25) is 4.79 Å². The summed E-state index contributed by atoms with van der Waals surface area (Å²) in [5, 5.41) is 9.15. The number of halogens is 3. The van der Waals surface area contributed by atoms with Gasteiger partial charge in [-0.25, -0.2) is 4.79 Å². The molecule has 1 heterocycles. The molecule has 0 bridgehead atoms. The number of piperidine rings is 1. The second-order valence-electron chi connectivity index (χ2n) is 5.31. The zero-order valence-corrected chi connectivity index (χ0v) is 12.2. The number of carbonyl (C=O) groups excluding carboxylic acids is 1. The van der Waals surface area contributed by atoms with Gasteiger partial charge in [0.15, 0.2) is 0 Å². The molecule has 1 amide bonds. The first-order valence-electron chi connectivity index (χ1n) is 7.13. The van der Waals surface area contributed by atoms with Gasteiger partial charge in [-0.1, -0.05) is 12.1 Å². The topological polar surface area (TPSA) is 66.8 Å². The number of nitrogens with zero attached hydrogens (tertiary/aromatic N) is 1. The zero-order valence-electron chi connectivity index (χ0n) is 12.2. The van der Waals surface area contributed by atoms with E-state index >= 15 is 0 Å². The summed E-state index contributed by atoms with van der Waals surface area (Å²) in [7, 11) is 0. The summed E-state index contributed by atoms with van der Waals surface area (Å²) in [4.78, 5) is 24.8. The smallest absolute Gasteiger partial charge is 0.480 e. The molecule has 0 aromatic heterocycles. The third-order valence-electron chi connectivity index (χ3n) is 3.62. The number of ether oxygens (including phenoxy) is 1. The third-order valence-corrected chi connectivity index (χ3v) is 3.62. The van der Waals surface area contributed by atoms with E-state index in [2.05, 4.69) is 4.74 Å². The lowest BCUT2D eigenvalue weighted by Crippen LogP contribution is -2.48. The van der Waals surface area contributed by atoms with Crippen LogP contribution in [0.3, 0.4) is 0 Å². The van der Waals surface area contributed by atoms with Gasteiger partial charge in [0.25, 0.3) is 0 Å². The number of carboxylic acids is 1. The van der Waals surface area contributed by atoms with E-state index in [1.807, 2.05) is 0 Å². The first-order valence-corrected chi connectivity index (χ1v) is 7.13. The van der Waals surface area contributed by atoms with E-state index in [-0.39, 0.29) is 18.1 Å². The van der Waals surface area contributed by atoms with E-state index in [1.165, 1.54) is 17.0 Å². The average molecular weight is 331 g/mol. The van der Waals surface area contributed by atoms with Crippen LogP contribution in [0.25, 0.3) is 0 Å². The van der Waals surface area contributed by atoms with Crippen LogP contribution in [0.1, 0.15) is 24.8 Å². The van der Waals surface area contributed by atoms with Gasteiger partial charge in [-0.15, -0.1) is 13.2 Å². The molecular weight excluding hydrogens is 315 g/mol. The number of carbonyl (C=O) groups is 2. The van der Waals surface area contributed by atoms with Gasteiger partial charge < -0.3 is 14.7 Å². The normalized spacial score (nSPS) is 18.6.